The van der Waals surface area contributed by atoms with E-state index < -0.39 is 0 Å². The summed E-state index contributed by atoms with van der Waals surface area (Å²) in [6, 6.07) is 17.0. The monoisotopic (exact) mass is 448 g/mol. The summed E-state index contributed by atoms with van der Waals surface area (Å²) in [6.45, 7) is 9.18. The van der Waals surface area contributed by atoms with Gasteiger partial charge in [0.25, 0.3) is 0 Å². The second-order valence-electron chi connectivity index (χ2n) is 10.2. The molecule has 0 unspecified atom stereocenters. The molecule has 0 fully saturated rings. The van der Waals surface area contributed by atoms with Crippen LogP contribution in [0, 0.1) is 11.2 Å². The predicted octanol–water partition coefficient (Wildman–Crippen LogP) is 4.96. The van der Waals surface area contributed by atoms with Gasteiger partial charge in [0.05, 0.1) is 23.6 Å². The quantitative estimate of drug-likeness (QED) is 0.535. The molecule has 2 heterocycles. The van der Waals surface area contributed by atoms with Gasteiger partial charge in [0.2, 0.25) is 5.91 Å². The molecular weight excluding hydrogens is 415 g/mol. The Morgan fingerprint density at radius 3 is 2.58 bits per heavy atom. The van der Waals surface area contributed by atoms with E-state index in [0.717, 1.165) is 48.7 Å². The zero-order chi connectivity index (χ0) is 23.6. The first-order chi connectivity index (χ1) is 15.7. The Kier molecular flexibility index (Phi) is 6.66. The summed E-state index contributed by atoms with van der Waals surface area (Å²) >= 11 is 0. The summed E-state index contributed by atoms with van der Waals surface area (Å²) in [7, 11) is 1.84. The minimum atomic E-state index is -0.280. The van der Waals surface area contributed by atoms with Crippen molar-refractivity contribution in [3.8, 4) is 5.69 Å². The molecule has 1 amide bonds. The molecule has 0 atom stereocenters. The highest BCUT2D eigenvalue weighted by molar-refractivity contribution is 5.76. The van der Waals surface area contributed by atoms with E-state index >= 15 is 0 Å². The van der Waals surface area contributed by atoms with E-state index in [-0.39, 0.29) is 17.1 Å². The number of rotatable bonds is 6. The topological polar surface area (TPSA) is 41.4 Å². The van der Waals surface area contributed by atoms with Crippen molar-refractivity contribution in [1.29, 1.82) is 0 Å². The first-order valence-corrected chi connectivity index (χ1v) is 11.6. The van der Waals surface area contributed by atoms with Crippen LogP contribution in [-0.2, 0) is 30.8 Å². The Hall–Kier alpha value is -2.99. The number of carbonyl (C=O) groups excluding carboxylic acids is 1. The highest BCUT2D eigenvalue weighted by Crippen LogP contribution is 2.28. The van der Waals surface area contributed by atoms with E-state index in [1.54, 1.807) is 11.0 Å². The van der Waals surface area contributed by atoms with E-state index in [1.807, 2.05) is 23.9 Å². The van der Waals surface area contributed by atoms with E-state index in [1.165, 1.54) is 17.7 Å². The van der Waals surface area contributed by atoms with E-state index in [0.29, 0.717) is 13.0 Å². The van der Waals surface area contributed by atoms with Crippen molar-refractivity contribution in [3.05, 3.63) is 82.9 Å². The zero-order valence-corrected chi connectivity index (χ0v) is 20.0. The molecule has 0 N–H and O–H groups in total. The second-order valence-corrected chi connectivity index (χ2v) is 10.2. The van der Waals surface area contributed by atoms with Crippen LogP contribution in [0.2, 0.25) is 0 Å². The van der Waals surface area contributed by atoms with Crippen LogP contribution in [0.15, 0.2) is 54.6 Å². The van der Waals surface area contributed by atoms with Gasteiger partial charge >= 0.3 is 0 Å². The predicted molar refractivity (Wildman–Crippen MR) is 128 cm³/mol. The smallest absolute Gasteiger partial charge is 0.223 e. The molecule has 5 nitrogen and oxygen atoms in total. The second kappa shape index (κ2) is 9.48. The summed E-state index contributed by atoms with van der Waals surface area (Å²) < 4.78 is 15.8. The Bertz CT molecular complexity index is 1120. The molecule has 1 aliphatic heterocycles. The fraction of sp³-hybridized carbons (Fsp3) is 0.407. The highest BCUT2D eigenvalue weighted by atomic mass is 19.1. The van der Waals surface area contributed by atoms with E-state index in [2.05, 4.69) is 49.9 Å². The zero-order valence-electron chi connectivity index (χ0n) is 20.0. The molecule has 4 rings (SSSR count). The maximum absolute atomic E-state index is 14.0. The van der Waals surface area contributed by atoms with Gasteiger partial charge in [-0.3, -0.25) is 9.69 Å². The first kappa shape index (κ1) is 23.2. The Morgan fingerprint density at radius 1 is 1.12 bits per heavy atom. The van der Waals surface area contributed by atoms with Crippen molar-refractivity contribution >= 4 is 5.91 Å². The lowest BCUT2D eigenvalue weighted by atomic mass is 9.91. The maximum Gasteiger partial charge on any atom is 0.223 e. The van der Waals surface area contributed by atoms with Gasteiger partial charge in [-0.15, -0.1) is 0 Å². The number of benzene rings is 2. The van der Waals surface area contributed by atoms with Crippen LogP contribution in [0.4, 0.5) is 4.39 Å². The molecule has 0 saturated heterocycles. The highest BCUT2D eigenvalue weighted by Gasteiger charge is 2.27. The number of halogens is 1. The Labute approximate surface area is 195 Å². The van der Waals surface area contributed by atoms with Gasteiger partial charge in [0.1, 0.15) is 5.82 Å². The summed E-state index contributed by atoms with van der Waals surface area (Å²) in [6.07, 6.45) is 1.31. The van der Waals surface area contributed by atoms with Crippen molar-refractivity contribution in [2.75, 3.05) is 13.6 Å². The molecule has 174 valence electrons. The lowest BCUT2D eigenvalue weighted by Crippen LogP contribution is -2.32. The van der Waals surface area contributed by atoms with E-state index in [9.17, 15) is 9.18 Å². The van der Waals surface area contributed by atoms with Crippen LogP contribution in [0.1, 0.15) is 49.7 Å². The molecule has 33 heavy (non-hydrogen) atoms. The minimum Gasteiger partial charge on any atom is -0.340 e. The van der Waals surface area contributed by atoms with Crippen molar-refractivity contribution in [2.24, 2.45) is 5.41 Å². The molecule has 0 saturated carbocycles. The number of hydrogen-bond donors (Lipinski definition) is 0. The van der Waals surface area contributed by atoms with Crippen molar-refractivity contribution < 1.29 is 9.18 Å². The summed E-state index contributed by atoms with van der Waals surface area (Å²) in [5.74, 6) is -0.175. The van der Waals surface area contributed by atoms with Crippen LogP contribution in [0.5, 0.6) is 0 Å². The number of fused-ring (bicyclic) bond motifs is 1. The lowest BCUT2D eigenvalue weighted by molar-refractivity contribution is -0.132. The molecule has 3 aromatic rings. The molecular formula is C27H33FN4O. The molecule has 0 spiro atoms. The standard InChI is InChI=1S/C27H33FN4O/c1-27(2,3)16-26(33)30(4)19-24-23-18-31(17-20-9-6-5-7-10-20)14-13-25(23)32(29-24)22-12-8-11-21(28)15-22/h5-12,15H,13-14,16-19H2,1-4H3. The molecule has 0 aliphatic carbocycles. The minimum absolute atomic E-state index is 0.0713. The third-order valence-electron chi connectivity index (χ3n) is 6.02. The van der Waals surface area contributed by atoms with Gasteiger partial charge < -0.3 is 4.90 Å². The molecule has 6 heteroatoms. The largest absolute Gasteiger partial charge is 0.340 e. The van der Waals surface area contributed by atoms with Crippen molar-refractivity contribution in [1.82, 2.24) is 19.6 Å². The van der Waals surface area contributed by atoms with Gasteiger partial charge in [-0.2, -0.15) is 5.10 Å². The van der Waals surface area contributed by atoms with Gasteiger partial charge in [-0.25, -0.2) is 9.07 Å². The van der Waals surface area contributed by atoms with Gasteiger partial charge in [-0.05, 0) is 29.2 Å². The maximum atomic E-state index is 14.0. The molecule has 1 aliphatic rings. The Balaban J connectivity index is 1.63. The van der Waals surface area contributed by atoms with E-state index in [4.69, 9.17) is 5.10 Å². The van der Waals surface area contributed by atoms with Crippen molar-refractivity contribution in [2.45, 2.75) is 53.2 Å². The summed E-state index contributed by atoms with van der Waals surface area (Å²) in [5, 5.41) is 4.89. The first-order valence-electron chi connectivity index (χ1n) is 11.6. The van der Waals surface area contributed by atoms with Crippen LogP contribution < -0.4 is 0 Å². The average Bonchev–Trinajstić information content (AvgIpc) is 3.11. The van der Waals surface area contributed by atoms with Crippen LogP contribution in [0.3, 0.4) is 0 Å². The number of carbonyl (C=O) groups is 1. The third kappa shape index (κ3) is 5.69. The van der Waals surface area contributed by atoms with Gasteiger partial charge in [0.15, 0.2) is 0 Å². The third-order valence-corrected chi connectivity index (χ3v) is 6.02. The lowest BCUT2D eigenvalue weighted by Gasteiger charge is -2.28. The number of amides is 1. The SMILES string of the molecule is CN(Cc1nn(-c2cccc(F)c2)c2c1CN(Cc1ccccc1)CC2)C(=O)CC(C)(C)C. The summed E-state index contributed by atoms with van der Waals surface area (Å²) in [4.78, 5) is 17.0. The fourth-order valence-corrected chi connectivity index (χ4v) is 4.37. The molecule has 1 aromatic heterocycles. The fourth-order valence-electron chi connectivity index (χ4n) is 4.37. The normalized spacial score (nSPS) is 14.2. The van der Waals surface area contributed by atoms with Crippen LogP contribution in [0.25, 0.3) is 5.69 Å². The van der Waals surface area contributed by atoms with Crippen LogP contribution in [-0.4, -0.2) is 39.1 Å². The summed E-state index contributed by atoms with van der Waals surface area (Å²) in [5.41, 5.74) is 5.07. The number of aromatic nitrogens is 2. The van der Waals surface area contributed by atoms with Crippen LogP contribution >= 0.6 is 0 Å². The van der Waals surface area contributed by atoms with Crippen molar-refractivity contribution in [3.63, 3.8) is 0 Å². The van der Waals surface area contributed by atoms with Gasteiger partial charge in [-0.1, -0.05) is 57.2 Å². The number of nitrogens with zero attached hydrogens (tertiary/aromatic N) is 4. The van der Waals surface area contributed by atoms with Gasteiger partial charge in [0, 0.05) is 45.1 Å². The molecule has 0 bridgehead atoms. The Morgan fingerprint density at radius 2 is 1.88 bits per heavy atom. The average molecular weight is 449 g/mol. The number of hydrogen-bond acceptors (Lipinski definition) is 3. The molecule has 2 aromatic carbocycles. The molecule has 0 radical (unpaired) electrons.